The molecule has 7 fully saturated rings. The van der Waals surface area contributed by atoms with Gasteiger partial charge in [-0.15, -0.1) is 6.42 Å². The molecule has 6 heterocycles. The Morgan fingerprint density at radius 2 is 1.88 bits per heavy atom. The number of carbonyl (C=O) groups excluding carboxylic acids is 2. The summed E-state index contributed by atoms with van der Waals surface area (Å²) >= 11 is 0. The molecule has 0 radical (unpaired) electrons. The van der Waals surface area contributed by atoms with Crippen LogP contribution >= 0.6 is 0 Å². The van der Waals surface area contributed by atoms with E-state index < -0.39 is 28.8 Å². The van der Waals surface area contributed by atoms with Crippen molar-refractivity contribution in [2.24, 2.45) is 5.41 Å². The van der Waals surface area contributed by atoms with Crippen molar-refractivity contribution in [3.8, 4) is 35.4 Å². The number of anilines is 1. The van der Waals surface area contributed by atoms with Crippen LogP contribution in [0.4, 0.5) is 19.0 Å². The number of hydrogen-bond acceptors (Lipinski definition) is 9. The van der Waals surface area contributed by atoms with Gasteiger partial charge >= 0.3 is 6.01 Å². The number of nitrogens with one attached hydrogen (secondary N) is 1. The summed E-state index contributed by atoms with van der Waals surface area (Å²) < 4.78 is 53.3. The zero-order chi connectivity index (χ0) is 40.1. The minimum Gasteiger partial charge on any atom is -0.508 e. The molecule has 4 bridgehead atoms. The molecule has 2 aromatic heterocycles. The largest absolute Gasteiger partial charge is 0.508 e. The topological polar surface area (TPSA) is 124 Å². The molecule has 2 amide bonds. The number of piperazine rings is 1. The van der Waals surface area contributed by atoms with E-state index >= 15 is 8.78 Å². The van der Waals surface area contributed by atoms with Crippen LogP contribution in [0.2, 0.25) is 0 Å². The number of carbonyl (C=O) groups is 2. The standard InChI is InChI=1S/C44H44F3N7O4/c1-3-30-33(46)10-7-25-15-29(55)16-31(35(25)30)37-36(47)38-32(18-48-37)39(50-41(49-38)58-24-44-13-6-14-53(44)19-26(45)17-44)52-20-27-8-9-28(21-52)54(27)40(57)42-11-5-12-43(22-42,23-42)51-34(56)4-2/h1,4,7,10,15-16,18,26-28,55H,2,5-6,8-9,11-14,17,19-24H2,(H,51,56)/t26-,27?,28?,42?,43?,44?/m1/s1. The molecule has 300 valence electrons. The Morgan fingerprint density at radius 3 is 2.64 bits per heavy atom. The molecule has 4 atom stereocenters. The molecule has 58 heavy (non-hydrogen) atoms. The summed E-state index contributed by atoms with van der Waals surface area (Å²) in [5.74, 6) is 1.02. The summed E-state index contributed by atoms with van der Waals surface area (Å²) in [5, 5.41) is 14.7. The number of aromatic hydroxyl groups is 1. The summed E-state index contributed by atoms with van der Waals surface area (Å²) in [6.45, 7) is 5.72. The van der Waals surface area contributed by atoms with Crippen LogP contribution in [0.3, 0.4) is 0 Å². The molecule has 2 aromatic carbocycles. The zero-order valence-electron chi connectivity index (χ0n) is 32.1. The maximum Gasteiger partial charge on any atom is 0.319 e. The monoisotopic (exact) mass is 791 g/mol. The number of terminal acetylenes is 1. The lowest BCUT2D eigenvalue weighted by Gasteiger charge is -2.61. The van der Waals surface area contributed by atoms with Gasteiger partial charge in [0.2, 0.25) is 11.8 Å². The highest BCUT2D eigenvalue weighted by Gasteiger charge is 2.64. The van der Waals surface area contributed by atoms with Crippen molar-refractivity contribution in [2.75, 3.05) is 37.7 Å². The second-order valence-corrected chi connectivity index (χ2v) is 17.5. The molecule has 14 heteroatoms. The highest BCUT2D eigenvalue weighted by atomic mass is 19.1. The maximum atomic E-state index is 17.2. The molecule has 4 aliphatic heterocycles. The molecule has 0 spiro atoms. The predicted octanol–water partition coefficient (Wildman–Crippen LogP) is 5.95. The Balaban J connectivity index is 1.02. The number of pyridine rings is 1. The van der Waals surface area contributed by atoms with Crippen LogP contribution in [0, 0.1) is 29.4 Å². The molecular formula is C44H44F3N7O4. The van der Waals surface area contributed by atoms with E-state index in [2.05, 4.69) is 42.5 Å². The second-order valence-electron chi connectivity index (χ2n) is 17.5. The minimum atomic E-state index is -0.970. The Hall–Kier alpha value is -5.42. The molecule has 7 aliphatic rings. The summed E-state index contributed by atoms with van der Waals surface area (Å²) in [6, 6.07) is 5.09. The normalized spacial score (nSPS) is 29.9. The van der Waals surface area contributed by atoms with Crippen molar-refractivity contribution >= 4 is 39.3 Å². The van der Waals surface area contributed by atoms with Crippen LogP contribution in [0.1, 0.15) is 69.8 Å². The smallest absolute Gasteiger partial charge is 0.319 e. The Labute approximate surface area is 333 Å². The van der Waals surface area contributed by atoms with Crippen LogP contribution in [-0.2, 0) is 9.59 Å². The molecule has 11 rings (SSSR count). The van der Waals surface area contributed by atoms with Crippen LogP contribution in [0.5, 0.6) is 11.8 Å². The van der Waals surface area contributed by atoms with Gasteiger partial charge in [-0.2, -0.15) is 9.97 Å². The van der Waals surface area contributed by atoms with Crippen molar-refractivity contribution in [3.63, 3.8) is 0 Å². The number of phenolic OH excluding ortho intramolecular Hbond substituents is 1. The zero-order valence-corrected chi connectivity index (χ0v) is 32.1. The fraction of sp³-hybridized carbons (Fsp3) is 0.477. The fourth-order valence-electron chi connectivity index (χ4n) is 11.7. The van der Waals surface area contributed by atoms with Gasteiger partial charge in [-0.25, -0.2) is 13.2 Å². The third kappa shape index (κ3) is 5.63. The fourth-order valence-corrected chi connectivity index (χ4v) is 11.7. The van der Waals surface area contributed by atoms with Crippen molar-refractivity contribution in [2.45, 2.75) is 93.5 Å². The average molecular weight is 792 g/mol. The minimum absolute atomic E-state index is 0.0717. The number of hydrogen-bond donors (Lipinski definition) is 2. The van der Waals surface area contributed by atoms with E-state index in [0.717, 1.165) is 51.5 Å². The van der Waals surface area contributed by atoms with Gasteiger partial charge in [-0.3, -0.25) is 19.5 Å². The SMILES string of the molecule is C#Cc1c(F)ccc2cc(O)cc(-c3ncc4c(N5CC6CCC(C5)N6C(=O)C56CCCC(NC(=O)C=C)(C5)C6)nc(OCC56CCCN5C[C@H](F)C6)nc4c3F)c12. The first-order valence-electron chi connectivity index (χ1n) is 20.3. The van der Waals surface area contributed by atoms with Gasteiger partial charge in [0.25, 0.3) is 0 Å². The number of halogens is 3. The van der Waals surface area contributed by atoms with E-state index in [0.29, 0.717) is 55.5 Å². The summed E-state index contributed by atoms with van der Waals surface area (Å²) in [6.07, 6.45) is 14.9. The van der Waals surface area contributed by atoms with E-state index in [9.17, 15) is 19.1 Å². The number of amides is 2. The Kier molecular flexibility index (Phi) is 8.46. The first kappa shape index (κ1) is 36.9. The second kappa shape index (κ2) is 13.3. The molecule has 3 unspecified atom stereocenters. The van der Waals surface area contributed by atoms with Crippen LogP contribution in [0.15, 0.2) is 43.1 Å². The van der Waals surface area contributed by atoms with Crippen LogP contribution < -0.4 is 15.0 Å². The summed E-state index contributed by atoms with van der Waals surface area (Å²) in [7, 11) is 0. The van der Waals surface area contributed by atoms with E-state index in [1.165, 1.54) is 36.5 Å². The third-order valence-corrected chi connectivity index (χ3v) is 14.0. The Bertz CT molecular complexity index is 2450. The van der Waals surface area contributed by atoms with Gasteiger partial charge in [0.05, 0.1) is 21.9 Å². The number of benzene rings is 2. The van der Waals surface area contributed by atoms with Gasteiger partial charge in [0.15, 0.2) is 5.82 Å². The first-order chi connectivity index (χ1) is 27.9. The van der Waals surface area contributed by atoms with Gasteiger partial charge in [-0.05, 0) is 87.6 Å². The van der Waals surface area contributed by atoms with Crippen molar-refractivity contribution in [1.29, 1.82) is 0 Å². The summed E-state index contributed by atoms with van der Waals surface area (Å²) in [4.78, 5) is 47.0. The maximum absolute atomic E-state index is 17.2. The number of rotatable bonds is 8. The van der Waals surface area contributed by atoms with Gasteiger partial charge < -0.3 is 25.0 Å². The predicted molar refractivity (Wildman–Crippen MR) is 211 cm³/mol. The molecule has 2 N–H and O–H groups in total. The summed E-state index contributed by atoms with van der Waals surface area (Å²) in [5.41, 5.74) is -1.65. The number of aromatic nitrogens is 3. The molecule has 4 saturated heterocycles. The first-order valence-corrected chi connectivity index (χ1v) is 20.3. The van der Waals surface area contributed by atoms with Crippen LogP contribution in [0.25, 0.3) is 32.9 Å². The molecule has 11 nitrogen and oxygen atoms in total. The van der Waals surface area contributed by atoms with E-state index in [1.54, 1.807) is 0 Å². The number of nitrogens with zero attached hydrogens (tertiary/aromatic N) is 6. The molecule has 3 saturated carbocycles. The highest BCUT2D eigenvalue weighted by Crippen LogP contribution is 2.60. The quantitative estimate of drug-likeness (QED) is 0.165. The van der Waals surface area contributed by atoms with E-state index in [1.807, 2.05) is 0 Å². The number of fused-ring (bicyclic) bond motifs is 7. The molecule has 3 aliphatic carbocycles. The highest BCUT2D eigenvalue weighted by molar-refractivity contribution is 6.03. The molecule has 4 aromatic rings. The van der Waals surface area contributed by atoms with E-state index in [-0.39, 0.29) is 75.5 Å². The lowest BCUT2D eigenvalue weighted by Crippen LogP contribution is -2.70. The van der Waals surface area contributed by atoms with E-state index in [4.69, 9.17) is 16.1 Å². The average Bonchev–Trinajstić information content (AvgIpc) is 3.82. The third-order valence-electron chi connectivity index (χ3n) is 14.0. The number of alkyl halides is 1. The van der Waals surface area contributed by atoms with Crippen molar-refractivity contribution in [3.05, 3.63) is 60.3 Å². The van der Waals surface area contributed by atoms with Gasteiger partial charge in [0, 0.05) is 60.8 Å². The van der Waals surface area contributed by atoms with Crippen molar-refractivity contribution < 1.29 is 32.6 Å². The van der Waals surface area contributed by atoms with Gasteiger partial charge in [0.1, 0.15) is 41.4 Å². The number of ether oxygens (including phenoxy) is 1. The van der Waals surface area contributed by atoms with Gasteiger partial charge in [-0.1, -0.05) is 25.0 Å². The molecular weight excluding hydrogens is 748 g/mol. The lowest BCUT2D eigenvalue weighted by molar-refractivity contribution is -0.166. The number of phenols is 1. The van der Waals surface area contributed by atoms with Crippen molar-refractivity contribution in [1.82, 2.24) is 30.1 Å². The Morgan fingerprint density at radius 1 is 1.09 bits per heavy atom. The lowest BCUT2D eigenvalue weighted by atomic mass is 9.49. The van der Waals surface area contributed by atoms with Crippen LogP contribution in [-0.4, -0.2) is 104 Å².